The van der Waals surface area contributed by atoms with Crippen LogP contribution in [-0.4, -0.2) is 31.1 Å². The molecule has 0 aliphatic heterocycles. The van der Waals surface area contributed by atoms with Crippen LogP contribution < -0.4 is 20.9 Å². The van der Waals surface area contributed by atoms with Gasteiger partial charge in [-0.25, -0.2) is 4.39 Å². The smallest absolute Gasteiger partial charge is 0.251 e. The van der Waals surface area contributed by atoms with E-state index in [9.17, 15) is 9.18 Å². The van der Waals surface area contributed by atoms with Gasteiger partial charge in [0.1, 0.15) is 18.2 Å². The van der Waals surface area contributed by atoms with Crippen molar-refractivity contribution in [3.63, 3.8) is 0 Å². The minimum Gasteiger partial charge on any atom is -0.492 e. The molecule has 0 aromatic heterocycles. The van der Waals surface area contributed by atoms with Gasteiger partial charge in [-0.2, -0.15) is 0 Å². The lowest BCUT2D eigenvalue weighted by Gasteiger charge is -2.16. The van der Waals surface area contributed by atoms with Crippen molar-refractivity contribution in [3.05, 3.63) is 76.0 Å². The summed E-state index contributed by atoms with van der Waals surface area (Å²) in [6.45, 7) is 0.938. The monoisotopic (exact) mass is 475 g/mol. The van der Waals surface area contributed by atoms with E-state index in [1.165, 1.54) is 12.1 Å². The molecular formula is C24H24Cl2FN3O2. The highest BCUT2D eigenvalue weighted by molar-refractivity contribution is 6.31. The van der Waals surface area contributed by atoms with Gasteiger partial charge in [0.25, 0.3) is 5.91 Å². The van der Waals surface area contributed by atoms with E-state index in [0.29, 0.717) is 29.5 Å². The lowest BCUT2D eigenvalue weighted by molar-refractivity contribution is 0.0937. The van der Waals surface area contributed by atoms with Crippen LogP contribution in [0.3, 0.4) is 0 Å². The van der Waals surface area contributed by atoms with Gasteiger partial charge >= 0.3 is 0 Å². The van der Waals surface area contributed by atoms with Crippen molar-refractivity contribution in [2.24, 2.45) is 0 Å². The second-order valence-electron chi connectivity index (χ2n) is 7.88. The summed E-state index contributed by atoms with van der Waals surface area (Å²) in [6, 6.07) is 16.0. The van der Waals surface area contributed by atoms with E-state index in [1.54, 1.807) is 6.07 Å². The molecule has 1 aliphatic carbocycles. The summed E-state index contributed by atoms with van der Waals surface area (Å²) in [5.41, 5.74) is 7.05. The zero-order valence-corrected chi connectivity index (χ0v) is 18.8. The van der Waals surface area contributed by atoms with Crippen molar-refractivity contribution in [2.75, 3.05) is 13.2 Å². The predicted molar refractivity (Wildman–Crippen MR) is 126 cm³/mol. The van der Waals surface area contributed by atoms with Gasteiger partial charge in [0.2, 0.25) is 0 Å². The molecule has 0 saturated heterocycles. The van der Waals surface area contributed by atoms with Crippen LogP contribution in [0.25, 0.3) is 10.8 Å². The number of carbonyl (C=O) groups is 1. The van der Waals surface area contributed by atoms with Gasteiger partial charge in [-0.3, -0.25) is 15.6 Å². The fraction of sp³-hybridized carbons (Fsp3) is 0.292. The highest BCUT2D eigenvalue weighted by atomic mass is 35.5. The fourth-order valence-electron chi connectivity index (χ4n) is 3.87. The standard InChI is InChI=1S/C24H24Cl2FN3O2/c25-18-4-3-15-11-17(2-1-16(15)12-18)24(31)29-19-5-6-20(13-19)30-28-9-10-32-21-7-8-22(26)23(27)14-21/h1-4,7-8,11-12,14,19-20,28,30H,5-6,9-10,13H2,(H,29,31). The number of hydrogen-bond acceptors (Lipinski definition) is 4. The number of carbonyl (C=O) groups excluding carboxylic acids is 1. The van der Waals surface area contributed by atoms with Crippen molar-refractivity contribution in [1.29, 1.82) is 0 Å². The second kappa shape index (κ2) is 10.5. The number of amides is 1. The van der Waals surface area contributed by atoms with Crippen LogP contribution in [0.1, 0.15) is 29.6 Å². The summed E-state index contributed by atoms with van der Waals surface area (Å²) in [7, 11) is 0. The van der Waals surface area contributed by atoms with E-state index in [-0.39, 0.29) is 23.0 Å². The van der Waals surface area contributed by atoms with Gasteiger partial charge in [0, 0.05) is 35.3 Å². The highest BCUT2D eigenvalue weighted by Crippen LogP contribution is 2.23. The fourth-order valence-corrected chi connectivity index (χ4v) is 4.17. The van der Waals surface area contributed by atoms with Crippen molar-refractivity contribution in [3.8, 4) is 5.75 Å². The number of benzene rings is 3. The third-order valence-electron chi connectivity index (χ3n) is 5.53. The Bertz CT molecular complexity index is 1110. The molecule has 4 rings (SSSR count). The molecule has 1 saturated carbocycles. The van der Waals surface area contributed by atoms with Crippen molar-refractivity contribution in [2.45, 2.75) is 31.3 Å². The maximum atomic E-state index is 13.4. The third-order valence-corrected chi connectivity index (χ3v) is 6.07. The summed E-state index contributed by atoms with van der Waals surface area (Å²) < 4.78 is 18.9. The Hall–Kier alpha value is -2.38. The second-order valence-corrected chi connectivity index (χ2v) is 8.73. The summed E-state index contributed by atoms with van der Waals surface area (Å²) in [6.07, 6.45) is 2.71. The Labute approximate surface area is 196 Å². The van der Waals surface area contributed by atoms with E-state index in [0.717, 1.165) is 30.0 Å². The van der Waals surface area contributed by atoms with Gasteiger partial charge in [-0.05, 0) is 66.4 Å². The van der Waals surface area contributed by atoms with Gasteiger partial charge < -0.3 is 10.1 Å². The molecule has 3 aromatic rings. The normalized spacial score (nSPS) is 18.1. The average Bonchev–Trinajstić information content (AvgIpc) is 3.22. The molecule has 0 spiro atoms. The molecule has 2 unspecified atom stereocenters. The van der Waals surface area contributed by atoms with E-state index in [2.05, 4.69) is 16.2 Å². The van der Waals surface area contributed by atoms with Crippen LogP contribution in [0.15, 0.2) is 54.6 Å². The summed E-state index contributed by atoms with van der Waals surface area (Å²) in [5.74, 6) is -0.124. The molecule has 3 N–H and O–H groups in total. The maximum absolute atomic E-state index is 13.4. The molecule has 1 fully saturated rings. The van der Waals surface area contributed by atoms with E-state index in [4.69, 9.17) is 27.9 Å². The predicted octanol–water partition coefficient (Wildman–Crippen LogP) is 5.11. The van der Waals surface area contributed by atoms with E-state index in [1.807, 2.05) is 36.4 Å². The van der Waals surface area contributed by atoms with Crippen LogP contribution in [0.2, 0.25) is 10.0 Å². The first kappa shape index (κ1) is 22.8. The summed E-state index contributed by atoms with van der Waals surface area (Å²) in [5, 5.41) is 5.88. The Balaban J connectivity index is 1.18. The van der Waals surface area contributed by atoms with Crippen LogP contribution in [0.4, 0.5) is 4.39 Å². The number of nitrogens with one attached hydrogen (secondary N) is 3. The van der Waals surface area contributed by atoms with Crippen LogP contribution >= 0.6 is 23.2 Å². The SMILES string of the molecule is O=C(NC1CCC(NNCCOc2ccc(Cl)c(F)c2)C1)c1ccc2cc(Cl)ccc2c1. The molecule has 0 bridgehead atoms. The first-order chi connectivity index (χ1) is 15.5. The molecule has 1 amide bonds. The molecule has 0 heterocycles. The molecular weight excluding hydrogens is 452 g/mol. The molecule has 8 heteroatoms. The number of halogens is 3. The largest absolute Gasteiger partial charge is 0.492 e. The average molecular weight is 476 g/mol. The molecule has 168 valence electrons. The topological polar surface area (TPSA) is 62.4 Å². The third kappa shape index (κ3) is 5.90. The Kier molecular flexibility index (Phi) is 7.48. The number of rotatable bonds is 8. The summed E-state index contributed by atoms with van der Waals surface area (Å²) >= 11 is 11.7. The maximum Gasteiger partial charge on any atom is 0.251 e. The van der Waals surface area contributed by atoms with E-state index >= 15 is 0 Å². The number of hydrazine groups is 1. The molecule has 3 aromatic carbocycles. The van der Waals surface area contributed by atoms with Crippen LogP contribution in [-0.2, 0) is 0 Å². The lowest BCUT2D eigenvalue weighted by Crippen LogP contribution is -2.42. The summed E-state index contributed by atoms with van der Waals surface area (Å²) in [4.78, 5) is 12.7. The molecule has 5 nitrogen and oxygen atoms in total. The van der Waals surface area contributed by atoms with Gasteiger partial charge in [-0.1, -0.05) is 35.3 Å². The molecule has 1 aliphatic rings. The quantitative estimate of drug-likeness (QED) is 0.313. The molecule has 0 radical (unpaired) electrons. The van der Waals surface area contributed by atoms with Crippen LogP contribution in [0, 0.1) is 5.82 Å². The number of ether oxygens (including phenoxy) is 1. The minimum atomic E-state index is -0.498. The minimum absolute atomic E-state index is 0.0657. The lowest BCUT2D eigenvalue weighted by atomic mass is 10.1. The Morgan fingerprint density at radius 3 is 2.62 bits per heavy atom. The van der Waals surface area contributed by atoms with Gasteiger partial charge in [0.05, 0.1) is 5.02 Å². The zero-order valence-electron chi connectivity index (χ0n) is 17.3. The van der Waals surface area contributed by atoms with Crippen LogP contribution in [0.5, 0.6) is 5.75 Å². The first-order valence-corrected chi connectivity index (χ1v) is 11.3. The first-order valence-electron chi connectivity index (χ1n) is 10.5. The number of fused-ring (bicyclic) bond motifs is 1. The highest BCUT2D eigenvalue weighted by Gasteiger charge is 2.26. The number of hydrogen-bond donors (Lipinski definition) is 3. The Morgan fingerprint density at radius 1 is 1.00 bits per heavy atom. The molecule has 32 heavy (non-hydrogen) atoms. The van der Waals surface area contributed by atoms with Crippen molar-refractivity contribution in [1.82, 2.24) is 16.2 Å². The van der Waals surface area contributed by atoms with Crippen molar-refractivity contribution < 1.29 is 13.9 Å². The van der Waals surface area contributed by atoms with Gasteiger partial charge in [0.15, 0.2) is 0 Å². The van der Waals surface area contributed by atoms with Crippen molar-refractivity contribution >= 4 is 39.9 Å². The Morgan fingerprint density at radius 2 is 1.78 bits per heavy atom. The molecule has 2 atom stereocenters. The zero-order chi connectivity index (χ0) is 22.5. The van der Waals surface area contributed by atoms with E-state index < -0.39 is 5.82 Å². The van der Waals surface area contributed by atoms with Gasteiger partial charge in [-0.15, -0.1) is 0 Å².